The van der Waals surface area contributed by atoms with Crippen molar-refractivity contribution in [2.24, 2.45) is 0 Å². The van der Waals surface area contributed by atoms with E-state index in [-0.39, 0.29) is 0 Å². The second-order valence-electron chi connectivity index (χ2n) is 3.78. The van der Waals surface area contributed by atoms with Crippen LogP contribution in [0.3, 0.4) is 0 Å². The molecule has 0 N–H and O–H groups in total. The van der Waals surface area contributed by atoms with Crippen molar-refractivity contribution in [1.29, 1.82) is 0 Å². The highest BCUT2D eigenvalue weighted by Gasteiger charge is 2.08. The molecule has 0 fully saturated rings. The Balaban J connectivity index is 2.35. The normalized spacial score (nSPS) is 11.6. The van der Waals surface area contributed by atoms with Crippen molar-refractivity contribution in [3.8, 4) is 11.3 Å². The van der Waals surface area contributed by atoms with Gasteiger partial charge in [-0.3, -0.25) is 0 Å². The SMILES string of the molecule is CCc1nc(-c2ccc(S(C)(=O)=O)cc2)cs1. The van der Waals surface area contributed by atoms with Crippen LogP contribution < -0.4 is 0 Å². The molecule has 0 saturated carbocycles. The van der Waals surface area contributed by atoms with Crippen molar-refractivity contribution in [2.45, 2.75) is 18.2 Å². The number of benzene rings is 1. The van der Waals surface area contributed by atoms with E-state index in [4.69, 9.17) is 0 Å². The molecule has 0 aliphatic rings. The highest BCUT2D eigenvalue weighted by Crippen LogP contribution is 2.23. The first-order chi connectivity index (χ1) is 8.00. The predicted octanol–water partition coefficient (Wildman–Crippen LogP) is 2.78. The lowest BCUT2D eigenvalue weighted by Crippen LogP contribution is -1.96. The van der Waals surface area contributed by atoms with Gasteiger partial charge < -0.3 is 0 Å². The Bertz CT molecular complexity index is 612. The van der Waals surface area contributed by atoms with Gasteiger partial charge in [0.15, 0.2) is 9.84 Å². The number of aromatic nitrogens is 1. The van der Waals surface area contributed by atoms with E-state index in [0.717, 1.165) is 22.7 Å². The van der Waals surface area contributed by atoms with Gasteiger partial charge in [0.2, 0.25) is 0 Å². The number of sulfone groups is 1. The number of thiazole rings is 1. The minimum atomic E-state index is -3.12. The van der Waals surface area contributed by atoms with E-state index >= 15 is 0 Å². The Morgan fingerprint density at radius 2 is 1.88 bits per heavy atom. The van der Waals surface area contributed by atoms with E-state index in [9.17, 15) is 8.42 Å². The molecule has 17 heavy (non-hydrogen) atoms. The van der Waals surface area contributed by atoms with E-state index in [1.807, 2.05) is 5.38 Å². The molecule has 0 spiro atoms. The van der Waals surface area contributed by atoms with Gasteiger partial charge in [0.25, 0.3) is 0 Å². The summed E-state index contributed by atoms with van der Waals surface area (Å²) >= 11 is 1.62. The first-order valence-electron chi connectivity index (χ1n) is 5.25. The molecule has 0 unspecified atom stereocenters. The van der Waals surface area contributed by atoms with Crippen LogP contribution in [-0.4, -0.2) is 19.7 Å². The summed E-state index contributed by atoms with van der Waals surface area (Å²) in [6, 6.07) is 6.83. The Morgan fingerprint density at radius 3 is 2.35 bits per heavy atom. The van der Waals surface area contributed by atoms with Crippen molar-refractivity contribution < 1.29 is 8.42 Å². The molecule has 2 rings (SSSR count). The van der Waals surface area contributed by atoms with Crippen LogP contribution in [0.15, 0.2) is 34.5 Å². The Kier molecular flexibility index (Phi) is 3.31. The molecule has 1 heterocycles. The van der Waals surface area contributed by atoms with Gasteiger partial charge in [0.05, 0.1) is 15.6 Å². The van der Waals surface area contributed by atoms with Crippen LogP contribution >= 0.6 is 11.3 Å². The second kappa shape index (κ2) is 4.58. The predicted molar refractivity (Wildman–Crippen MR) is 70.0 cm³/mol. The maximum Gasteiger partial charge on any atom is 0.175 e. The van der Waals surface area contributed by atoms with E-state index in [1.165, 1.54) is 6.26 Å². The zero-order valence-electron chi connectivity index (χ0n) is 9.67. The zero-order valence-corrected chi connectivity index (χ0v) is 11.3. The molecule has 0 atom stereocenters. The number of hydrogen-bond acceptors (Lipinski definition) is 4. The lowest BCUT2D eigenvalue weighted by atomic mass is 10.2. The van der Waals surface area contributed by atoms with Gasteiger partial charge in [-0.05, 0) is 18.6 Å². The minimum Gasteiger partial charge on any atom is -0.241 e. The van der Waals surface area contributed by atoms with Crippen LogP contribution in [0.4, 0.5) is 0 Å². The van der Waals surface area contributed by atoms with E-state index in [1.54, 1.807) is 35.6 Å². The molecule has 1 aromatic heterocycles. The molecule has 1 aromatic carbocycles. The summed E-state index contributed by atoms with van der Waals surface area (Å²) in [5.74, 6) is 0. The van der Waals surface area contributed by atoms with Crippen LogP contribution in [-0.2, 0) is 16.3 Å². The average Bonchev–Trinajstić information content (AvgIpc) is 2.76. The van der Waals surface area contributed by atoms with Crippen LogP contribution in [0.25, 0.3) is 11.3 Å². The van der Waals surface area contributed by atoms with Gasteiger partial charge in [0, 0.05) is 17.2 Å². The molecular formula is C12H13NO2S2. The monoisotopic (exact) mass is 267 g/mol. The molecule has 3 nitrogen and oxygen atoms in total. The lowest BCUT2D eigenvalue weighted by Gasteiger charge is -2.00. The first kappa shape index (κ1) is 12.3. The molecule has 0 aliphatic carbocycles. The van der Waals surface area contributed by atoms with Crippen molar-refractivity contribution in [3.63, 3.8) is 0 Å². The maximum absolute atomic E-state index is 11.3. The fourth-order valence-corrected chi connectivity index (χ4v) is 2.86. The van der Waals surface area contributed by atoms with Crippen LogP contribution in [0.2, 0.25) is 0 Å². The van der Waals surface area contributed by atoms with Crippen molar-refractivity contribution >= 4 is 21.2 Å². The summed E-state index contributed by atoms with van der Waals surface area (Å²) in [4.78, 5) is 4.80. The summed E-state index contributed by atoms with van der Waals surface area (Å²) in [6.07, 6.45) is 2.13. The standard InChI is InChI=1S/C12H13NO2S2/c1-3-12-13-11(8-16-12)9-4-6-10(7-5-9)17(2,14)15/h4-8H,3H2,1-2H3. The Hall–Kier alpha value is -1.20. The number of rotatable bonds is 3. The molecule has 0 saturated heterocycles. The maximum atomic E-state index is 11.3. The van der Waals surface area contributed by atoms with Gasteiger partial charge in [-0.2, -0.15) is 0 Å². The summed E-state index contributed by atoms with van der Waals surface area (Å²) < 4.78 is 22.6. The number of nitrogens with zero attached hydrogens (tertiary/aromatic N) is 1. The second-order valence-corrected chi connectivity index (χ2v) is 6.73. The third-order valence-corrected chi connectivity index (χ3v) is 4.55. The summed E-state index contributed by atoms with van der Waals surface area (Å²) in [7, 11) is -3.12. The van der Waals surface area contributed by atoms with Gasteiger partial charge in [-0.25, -0.2) is 13.4 Å². The number of aryl methyl sites for hydroxylation is 1. The quantitative estimate of drug-likeness (QED) is 0.859. The Morgan fingerprint density at radius 1 is 1.24 bits per heavy atom. The smallest absolute Gasteiger partial charge is 0.175 e. The Labute approximate surface area is 105 Å². The topological polar surface area (TPSA) is 47.0 Å². The van der Waals surface area contributed by atoms with Crippen LogP contribution in [0.5, 0.6) is 0 Å². The van der Waals surface area contributed by atoms with E-state index in [0.29, 0.717) is 4.90 Å². The first-order valence-corrected chi connectivity index (χ1v) is 8.02. The van der Waals surface area contributed by atoms with Gasteiger partial charge in [-0.15, -0.1) is 11.3 Å². The molecule has 2 aromatic rings. The van der Waals surface area contributed by atoms with E-state index in [2.05, 4.69) is 11.9 Å². The highest BCUT2D eigenvalue weighted by molar-refractivity contribution is 7.90. The fraction of sp³-hybridized carbons (Fsp3) is 0.250. The zero-order chi connectivity index (χ0) is 12.5. The lowest BCUT2D eigenvalue weighted by molar-refractivity contribution is 0.602. The third kappa shape index (κ3) is 2.73. The summed E-state index contributed by atoms with van der Waals surface area (Å²) in [6.45, 7) is 2.06. The highest BCUT2D eigenvalue weighted by atomic mass is 32.2. The van der Waals surface area contributed by atoms with Crippen LogP contribution in [0, 0.1) is 0 Å². The summed E-state index contributed by atoms with van der Waals surface area (Å²) in [5.41, 5.74) is 1.86. The molecule has 0 amide bonds. The fourth-order valence-electron chi connectivity index (χ4n) is 1.48. The molecule has 0 aliphatic heterocycles. The average molecular weight is 267 g/mol. The van der Waals surface area contributed by atoms with Gasteiger partial charge >= 0.3 is 0 Å². The third-order valence-electron chi connectivity index (χ3n) is 2.43. The molecule has 0 radical (unpaired) electrons. The number of hydrogen-bond donors (Lipinski definition) is 0. The van der Waals surface area contributed by atoms with Crippen molar-refractivity contribution in [3.05, 3.63) is 34.7 Å². The van der Waals surface area contributed by atoms with E-state index < -0.39 is 9.84 Å². The minimum absolute atomic E-state index is 0.340. The van der Waals surface area contributed by atoms with Crippen molar-refractivity contribution in [2.75, 3.05) is 6.26 Å². The van der Waals surface area contributed by atoms with Gasteiger partial charge in [-0.1, -0.05) is 19.1 Å². The molecule has 90 valence electrons. The molecular weight excluding hydrogens is 254 g/mol. The van der Waals surface area contributed by atoms with Crippen LogP contribution in [0.1, 0.15) is 11.9 Å². The molecule has 5 heteroatoms. The summed E-state index contributed by atoms with van der Waals surface area (Å²) in [5, 5.41) is 3.08. The molecule has 0 bridgehead atoms. The van der Waals surface area contributed by atoms with Crippen molar-refractivity contribution in [1.82, 2.24) is 4.98 Å². The van der Waals surface area contributed by atoms with Gasteiger partial charge in [0.1, 0.15) is 0 Å². The largest absolute Gasteiger partial charge is 0.241 e.